The summed E-state index contributed by atoms with van der Waals surface area (Å²) in [5.74, 6) is -2.64. The number of nitriles is 1. The van der Waals surface area contributed by atoms with E-state index in [9.17, 15) is 29.2 Å². The minimum atomic E-state index is -1.24. The molecule has 0 radical (unpaired) electrons. The maximum atomic E-state index is 14.8. The van der Waals surface area contributed by atoms with Gasteiger partial charge in [-0.25, -0.2) is 9.97 Å². The van der Waals surface area contributed by atoms with Gasteiger partial charge in [0.05, 0.1) is 29.1 Å². The number of likely N-dealkylation sites (N-methyl/N-ethyl adjacent to an activating group) is 1. The average Bonchev–Trinajstić information content (AvgIpc) is 3.31. The Labute approximate surface area is 394 Å². The van der Waals surface area contributed by atoms with Gasteiger partial charge in [-0.05, 0) is 87.0 Å². The van der Waals surface area contributed by atoms with Crippen LogP contribution in [0.5, 0.6) is 11.5 Å². The number of carbonyl (C=O) groups is 5. The second-order valence-electron chi connectivity index (χ2n) is 17.3. The fourth-order valence-electron chi connectivity index (χ4n) is 8.62. The summed E-state index contributed by atoms with van der Waals surface area (Å²) >= 11 is 0. The normalized spacial score (nSPS) is 16.6. The Bertz CT molecular complexity index is 2410. The van der Waals surface area contributed by atoms with Gasteiger partial charge in [-0.2, -0.15) is 5.26 Å². The maximum Gasteiger partial charge on any atom is 0.226 e. The molecule has 15 nitrogen and oxygen atoms in total. The van der Waals surface area contributed by atoms with Crippen LogP contribution in [0.3, 0.4) is 0 Å². The van der Waals surface area contributed by atoms with Crippen molar-refractivity contribution in [1.29, 1.82) is 5.26 Å². The molecule has 1 aliphatic heterocycles. The van der Waals surface area contributed by atoms with E-state index in [2.05, 4.69) is 24.4 Å². The Balaban J connectivity index is 1.54. The first-order valence-corrected chi connectivity index (χ1v) is 23.3. The van der Waals surface area contributed by atoms with Crippen LogP contribution < -0.4 is 32.0 Å². The minimum absolute atomic E-state index is 0.0304. The van der Waals surface area contributed by atoms with Crippen LogP contribution in [0.4, 0.5) is 0 Å². The molecule has 0 spiro atoms. The second kappa shape index (κ2) is 25.0. The van der Waals surface area contributed by atoms with Crippen molar-refractivity contribution in [2.45, 2.75) is 104 Å². The molecule has 0 fully saturated rings. The van der Waals surface area contributed by atoms with E-state index in [1.807, 2.05) is 24.3 Å². The lowest BCUT2D eigenvalue weighted by atomic mass is 9.88. The molecule has 67 heavy (non-hydrogen) atoms. The summed E-state index contributed by atoms with van der Waals surface area (Å²) in [4.78, 5) is 82.0. The van der Waals surface area contributed by atoms with E-state index < -0.39 is 41.5 Å². The zero-order chi connectivity index (χ0) is 48.6. The zero-order valence-corrected chi connectivity index (χ0v) is 39.6. The molecule has 0 unspecified atom stereocenters. The molecule has 4 atom stereocenters. The van der Waals surface area contributed by atoms with E-state index in [4.69, 9.17) is 36.6 Å². The summed E-state index contributed by atoms with van der Waals surface area (Å²) in [5, 5.41) is 12.1. The summed E-state index contributed by atoms with van der Waals surface area (Å²) in [6.45, 7) is 8.14. The van der Waals surface area contributed by atoms with Crippen LogP contribution in [-0.2, 0) is 32.0 Å². The molecular formula is C52H66N8O7. The van der Waals surface area contributed by atoms with Crippen LogP contribution in [0, 0.1) is 37.0 Å². The van der Waals surface area contributed by atoms with Gasteiger partial charge in [0.2, 0.25) is 11.8 Å². The third-order valence-electron chi connectivity index (χ3n) is 12.2. The Kier molecular flexibility index (Phi) is 19.3. The predicted octanol–water partition coefficient (Wildman–Crippen LogP) is 6.08. The van der Waals surface area contributed by atoms with E-state index in [1.54, 1.807) is 51.1 Å². The molecule has 7 N–H and O–H groups in total. The van der Waals surface area contributed by atoms with Gasteiger partial charge in [0.1, 0.15) is 30.8 Å². The number of nitrogens with two attached hydrogens (primary N) is 3. The van der Waals surface area contributed by atoms with E-state index in [0.29, 0.717) is 56.5 Å². The molecule has 0 saturated carbocycles. The lowest BCUT2D eigenvalue weighted by Gasteiger charge is -2.32. The SMILES string of the molecule is CCCCCc1ccc(-c2nc(C)c(C(=O)C[C@@H](CCN)C(=O)N(C)[C@@H]3C(=O)C[C@@H](C)C(=O)N[C@H](C(=O)CCC#N)Cc4ccc(OCCN)c(c4)-c4cc3ccc4OCCN)c(C)n2)cc1. The highest BCUT2D eigenvalue weighted by atomic mass is 16.5. The molecule has 3 aromatic carbocycles. The molecule has 0 aliphatic carbocycles. The highest BCUT2D eigenvalue weighted by Gasteiger charge is 2.36. The first-order chi connectivity index (χ1) is 32.2. The number of benzene rings is 3. The zero-order valence-electron chi connectivity index (χ0n) is 39.6. The smallest absolute Gasteiger partial charge is 0.226 e. The average molecular weight is 915 g/mol. The molecule has 5 rings (SSSR count). The van der Waals surface area contributed by atoms with Crippen molar-refractivity contribution < 1.29 is 33.4 Å². The lowest BCUT2D eigenvalue weighted by molar-refractivity contribution is -0.142. The van der Waals surface area contributed by atoms with Crippen molar-refractivity contribution in [2.24, 2.45) is 29.0 Å². The quantitative estimate of drug-likeness (QED) is 0.0547. The Morgan fingerprint density at radius 2 is 1.52 bits per heavy atom. The van der Waals surface area contributed by atoms with Gasteiger partial charge >= 0.3 is 0 Å². The van der Waals surface area contributed by atoms with E-state index in [1.165, 1.54) is 23.9 Å². The van der Waals surface area contributed by atoms with Crippen molar-refractivity contribution in [2.75, 3.05) is 39.9 Å². The fraction of sp³-hybridized carbons (Fsp3) is 0.462. The van der Waals surface area contributed by atoms with Crippen LogP contribution >= 0.6 is 0 Å². The Morgan fingerprint density at radius 1 is 0.881 bits per heavy atom. The van der Waals surface area contributed by atoms with Crippen LogP contribution in [0.25, 0.3) is 22.5 Å². The van der Waals surface area contributed by atoms with Crippen molar-refractivity contribution in [3.05, 3.63) is 94.3 Å². The number of fused-ring (bicyclic) bond motifs is 5. The third kappa shape index (κ3) is 13.4. The number of amides is 2. The number of aryl methyl sites for hydroxylation is 3. The minimum Gasteiger partial charge on any atom is -0.492 e. The number of carbonyl (C=O) groups excluding carboxylic acids is 5. The van der Waals surface area contributed by atoms with Crippen molar-refractivity contribution in [3.63, 3.8) is 0 Å². The van der Waals surface area contributed by atoms with Crippen molar-refractivity contribution in [3.8, 4) is 40.1 Å². The standard InChI is InChI=1S/C52H66N8O7/c1-6-7-8-10-35-12-15-37(16-13-35)50-57-33(3)48(34(4)58-50)44(62)31-39(20-22-54)52(65)60(5)49-38-17-19-47(67-26-24-56)41(30-38)40-28-36(14-18-46(40)66-25-23-55)29-42(43(61)11-9-21-53)59-51(64)32(2)27-45(49)63/h12-19,28,30,32,39,42,49H,6-11,20,22-27,29,31,54-56H2,1-5H3,(H,59,64)/t32-,39-,42+,49+/m1/s1. The summed E-state index contributed by atoms with van der Waals surface area (Å²) in [6, 6.07) is 18.4. The van der Waals surface area contributed by atoms with E-state index in [0.717, 1.165) is 24.8 Å². The highest BCUT2D eigenvalue weighted by Crippen LogP contribution is 2.41. The number of hydrogen-bond acceptors (Lipinski definition) is 13. The first-order valence-electron chi connectivity index (χ1n) is 23.3. The summed E-state index contributed by atoms with van der Waals surface area (Å²) in [5.41, 5.74) is 23.3. The Hall–Kier alpha value is -6.34. The monoisotopic (exact) mass is 915 g/mol. The molecule has 1 aromatic heterocycles. The third-order valence-corrected chi connectivity index (χ3v) is 12.2. The van der Waals surface area contributed by atoms with Gasteiger partial charge in [0, 0.05) is 74.3 Å². The fourth-order valence-corrected chi connectivity index (χ4v) is 8.62. The molecule has 15 heteroatoms. The van der Waals surface area contributed by atoms with Gasteiger partial charge in [0.25, 0.3) is 0 Å². The van der Waals surface area contributed by atoms with Gasteiger partial charge in [0.15, 0.2) is 23.2 Å². The van der Waals surface area contributed by atoms with Crippen LogP contribution in [0.15, 0.2) is 60.7 Å². The maximum absolute atomic E-state index is 14.8. The molecule has 0 saturated heterocycles. The van der Waals surface area contributed by atoms with Gasteiger partial charge < -0.3 is 36.9 Å². The Morgan fingerprint density at radius 3 is 2.13 bits per heavy atom. The van der Waals surface area contributed by atoms with Crippen LogP contribution in [0.1, 0.15) is 110 Å². The van der Waals surface area contributed by atoms with Crippen molar-refractivity contribution in [1.82, 2.24) is 20.2 Å². The van der Waals surface area contributed by atoms with Gasteiger partial charge in [-0.1, -0.05) is 63.1 Å². The number of hydrogen-bond donors (Lipinski definition) is 4. The van der Waals surface area contributed by atoms with Crippen molar-refractivity contribution >= 4 is 29.2 Å². The van der Waals surface area contributed by atoms with Gasteiger partial charge in [-0.15, -0.1) is 0 Å². The number of aromatic nitrogens is 2. The highest BCUT2D eigenvalue weighted by molar-refractivity contribution is 6.01. The molecule has 2 heterocycles. The summed E-state index contributed by atoms with van der Waals surface area (Å²) in [7, 11) is 1.51. The largest absolute Gasteiger partial charge is 0.492 e. The second-order valence-corrected chi connectivity index (χ2v) is 17.3. The molecular weight excluding hydrogens is 849 g/mol. The number of rotatable bonds is 21. The molecule has 4 bridgehead atoms. The number of Topliss-reactive ketones (excluding diaryl/α,β-unsaturated/α-hetero) is 3. The van der Waals surface area contributed by atoms with Gasteiger partial charge in [-0.3, -0.25) is 24.0 Å². The molecule has 2 amide bonds. The number of unbranched alkanes of at least 4 members (excludes halogenated alkanes) is 2. The first kappa shape index (κ1) is 51.6. The van der Waals surface area contributed by atoms with E-state index >= 15 is 0 Å². The summed E-state index contributed by atoms with van der Waals surface area (Å²) < 4.78 is 12.3. The van der Waals surface area contributed by atoms with Crippen LogP contribution in [-0.4, -0.2) is 90.0 Å². The number of nitrogens with one attached hydrogen (secondary N) is 1. The lowest BCUT2D eigenvalue weighted by Crippen LogP contribution is -2.46. The topological polar surface area (TPSA) is 247 Å². The molecule has 1 aliphatic rings. The molecule has 4 aromatic rings. The number of ketones is 3. The summed E-state index contributed by atoms with van der Waals surface area (Å²) in [6.07, 6.45) is 4.06. The predicted molar refractivity (Wildman–Crippen MR) is 257 cm³/mol. The van der Waals surface area contributed by atoms with E-state index in [-0.39, 0.29) is 82.9 Å². The van der Waals surface area contributed by atoms with Crippen LogP contribution in [0.2, 0.25) is 0 Å². The number of nitrogens with zero attached hydrogens (tertiary/aromatic N) is 4. The molecule has 356 valence electrons. The number of ether oxygens (including phenoxy) is 2.